The fraction of sp³-hybridized carbons (Fsp3) is 0.421. The van der Waals surface area contributed by atoms with Gasteiger partial charge in [-0.1, -0.05) is 0 Å². The summed E-state index contributed by atoms with van der Waals surface area (Å²) in [7, 11) is 0. The molecule has 0 radical (unpaired) electrons. The lowest BCUT2D eigenvalue weighted by Gasteiger charge is -2.24. The van der Waals surface area contributed by atoms with Crippen molar-refractivity contribution >= 4 is 42.3 Å². The maximum Gasteiger partial charge on any atom is 0.327 e. The topological polar surface area (TPSA) is 245 Å². The summed E-state index contributed by atoms with van der Waals surface area (Å²) < 4.78 is 0. The Bertz CT molecular complexity index is 1010. The van der Waals surface area contributed by atoms with Gasteiger partial charge >= 0.3 is 11.9 Å². The fourth-order valence-corrected chi connectivity index (χ4v) is 3.19. The fourth-order valence-electron chi connectivity index (χ4n) is 2.94. The van der Waals surface area contributed by atoms with Crippen molar-refractivity contribution in [1.82, 2.24) is 35.9 Å². The highest BCUT2D eigenvalue weighted by atomic mass is 32.1. The number of carboxylic acids is 2. The number of aromatic nitrogens is 4. The number of imidazole rings is 2. The summed E-state index contributed by atoms with van der Waals surface area (Å²) in [5, 5.41) is 25.3. The van der Waals surface area contributed by atoms with Crippen molar-refractivity contribution in [2.45, 2.75) is 43.4 Å². The molecule has 2 aromatic rings. The van der Waals surface area contributed by atoms with Gasteiger partial charge < -0.3 is 41.9 Å². The number of H-pyrrole nitrogens is 2. The molecule has 0 saturated carbocycles. The van der Waals surface area contributed by atoms with Gasteiger partial charge in [0.2, 0.25) is 17.7 Å². The predicted octanol–water partition coefficient (Wildman–Crippen LogP) is -2.81. The maximum absolute atomic E-state index is 12.9. The van der Waals surface area contributed by atoms with Crippen LogP contribution in [0.4, 0.5) is 0 Å². The van der Waals surface area contributed by atoms with Crippen LogP contribution in [-0.2, 0) is 36.8 Å². The van der Waals surface area contributed by atoms with Crippen LogP contribution in [0.1, 0.15) is 17.8 Å². The average molecular weight is 511 g/mol. The number of aliphatic carboxylic acids is 2. The van der Waals surface area contributed by atoms with Gasteiger partial charge in [-0.15, -0.1) is 0 Å². The number of aromatic amines is 2. The van der Waals surface area contributed by atoms with Crippen LogP contribution >= 0.6 is 12.6 Å². The summed E-state index contributed by atoms with van der Waals surface area (Å²) in [6.07, 6.45) is 4.73. The third-order valence-corrected chi connectivity index (χ3v) is 5.12. The molecule has 190 valence electrons. The zero-order chi connectivity index (χ0) is 26.0. The van der Waals surface area contributed by atoms with Gasteiger partial charge in [0.1, 0.15) is 18.1 Å². The molecule has 0 saturated heterocycles. The number of hydrogen-bond acceptors (Lipinski definition) is 9. The van der Waals surface area contributed by atoms with Gasteiger partial charge in [-0.3, -0.25) is 19.2 Å². The molecule has 0 aliphatic carbocycles. The Kier molecular flexibility index (Phi) is 10.2. The van der Waals surface area contributed by atoms with Crippen LogP contribution in [0.15, 0.2) is 25.0 Å². The van der Waals surface area contributed by atoms with E-state index in [4.69, 9.17) is 5.73 Å². The molecule has 3 amide bonds. The van der Waals surface area contributed by atoms with Crippen molar-refractivity contribution in [2.24, 2.45) is 5.73 Å². The lowest BCUT2D eigenvalue weighted by atomic mass is 10.1. The van der Waals surface area contributed by atoms with Crippen molar-refractivity contribution in [3.8, 4) is 0 Å². The highest BCUT2D eigenvalue weighted by Gasteiger charge is 2.31. The molecule has 0 aliphatic heterocycles. The average Bonchev–Trinajstić information content (AvgIpc) is 3.50. The molecular weight excluding hydrogens is 484 g/mol. The number of nitrogens with zero attached hydrogens (tertiary/aromatic N) is 2. The van der Waals surface area contributed by atoms with Crippen LogP contribution < -0.4 is 21.7 Å². The third kappa shape index (κ3) is 8.74. The summed E-state index contributed by atoms with van der Waals surface area (Å²) in [5.41, 5.74) is 6.84. The molecule has 2 heterocycles. The molecule has 0 aromatic carbocycles. The van der Waals surface area contributed by atoms with Crippen LogP contribution in [-0.4, -0.2) is 89.7 Å². The Morgan fingerprint density at radius 1 is 0.857 bits per heavy atom. The van der Waals surface area contributed by atoms with Gasteiger partial charge in [0.05, 0.1) is 25.1 Å². The summed E-state index contributed by atoms with van der Waals surface area (Å²) in [4.78, 5) is 73.9. The van der Waals surface area contributed by atoms with Gasteiger partial charge in [0.15, 0.2) is 0 Å². The number of hydrogen-bond donors (Lipinski definition) is 9. The molecular formula is C19H26N8O7S. The largest absolute Gasteiger partial charge is 0.481 e. The first-order chi connectivity index (χ1) is 16.6. The number of amides is 3. The first kappa shape index (κ1) is 27.3. The smallest absolute Gasteiger partial charge is 0.327 e. The number of carbonyl (C=O) groups excluding carboxylic acids is 3. The zero-order valence-electron chi connectivity index (χ0n) is 18.3. The second-order valence-electron chi connectivity index (χ2n) is 7.47. The first-order valence-electron chi connectivity index (χ1n) is 10.3. The van der Waals surface area contributed by atoms with E-state index in [1.807, 2.05) is 0 Å². The van der Waals surface area contributed by atoms with Gasteiger partial charge in [-0.05, 0) is 0 Å². The van der Waals surface area contributed by atoms with Crippen LogP contribution in [0.2, 0.25) is 0 Å². The Morgan fingerprint density at radius 3 is 1.86 bits per heavy atom. The number of nitrogens with one attached hydrogen (secondary N) is 5. The quantitative estimate of drug-likeness (QED) is 0.118. The monoisotopic (exact) mass is 510 g/mol. The molecule has 35 heavy (non-hydrogen) atoms. The summed E-state index contributed by atoms with van der Waals surface area (Å²) in [6, 6.07) is -5.33. The summed E-state index contributed by atoms with van der Waals surface area (Å²) in [5.74, 6) is -5.56. The Morgan fingerprint density at radius 2 is 1.37 bits per heavy atom. The van der Waals surface area contributed by atoms with Crippen molar-refractivity contribution in [2.75, 3.05) is 5.75 Å². The minimum absolute atomic E-state index is 0.0540. The molecule has 4 unspecified atom stereocenters. The number of thiol groups is 1. The number of carboxylic acid groups (broad SMARTS) is 2. The minimum Gasteiger partial charge on any atom is -0.481 e. The van der Waals surface area contributed by atoms with Crippen LogP contribution in [0, 0.1) is 0 Å². The standard InChI is InChI=1S/C19H26N8O7S/c20-11(1-9-4-21-7-23-9)16(30)25-13(3-15(28)29)18(32)26-12(2-10-5-22-8-24-10)17(31)27-14(6-35)19(33)34/h4-5,7-8,11-14,35H,1-3,6,20H2,(H,21,23)(H,22,24)(H,25,30)(H,26,32)(H,27,31)(H,28,29)(H,33,34). The van der Waals surface area contributed by atoms with E-state index in [1.165, 1.54) is 25.0 Å². The van der Waals surface area contributed by atoms with Crippen LogP contribution in [0.25, 0.3) is 0 Å². The lowest BCUT2D eigenvalue weighted by Crippen LogP contribution is -2.58. The molecule has 0 fully saturated rings. The molecule has 2 aromatic heterocycles. The molecule has 0 spiro atoms. The second-order valence-corrected chi connectivity index (χ2v) is 7.84. The molecule has 4 atom stereocenters. The highest BCUT2D eigenvalue weighted by molar-refractivity contribution is 7.80. The number of carbonyl (C=O) groups is 5. The normalized spacial score (nSPS) is 14.2. The van der Waals surface area contributed by atoms with Crippen molar-refractivity contribution in [3.63, 3.8) is 0 Å². The van der Waals surface area contributed by atoms with E-state index in [0.29, 0.717) is 11.4 Å². The van der Waals surface area contributed by atoms with E-state index in [1.54, 1.807) is 0 Å². The van der Waals surface area contributed by atoms with Crippen LogP contribution in [0.3, 0.4) is 0 Å². The number of nitrogens with two attached hydrogens (primary N) is 1. The van der Waals surface area contributed by atoms with Gasteiger partial charge in [0, 0.05) is 42.4 Å². The molecule has 16 heteroatoms. The minimum atomic E-state index is -1.56. The second kappa shape index (κ2) is 13.1. The Hall–Kier alpha value is -3.92. The van der Waals surface area contributed by atoms with E-state index in [-0.39, 0.29) is 18.6 Å². The molecule has 9 N–H and O–H groups in total. The van der Waals surface area contributed by atoms with Gasteiger partial charge in [-0.25, -0.2) is 14.8 Å². The summed E-state index contributed by atoms with van der Waals surface area (Å²) >= 11 is 3.89. The number of rotatable bonds is 14. The third-order valence-electron chi connectivity index (χ3n) is 4.75. The SMILES string of the molecule is NC(Cc1cnc[nH]1)C(=O)NC(CC(=O)O)C(=O)NC(Cc1cnc[nH]1)C(=O)NC(CS)C(=O)O. The van der Waals surface area contributed by atoms with Gasteiger partial charge in [0.25, 0.3) is 0 Å². The molecule has 2 rings (SSSR count). The Labute approximate surface area is 204 Å². The lowest BCUT2D eigenvalue weighted by molar-refractivity contribution is -0.142. The van der Waals surface area contributed by atoms with E-state index < -0.39 is 60.2 Å². The van der Waals surface area contributed by atoms with Crippen molar-refractivity contribution < 1.29 is 34.2 Å². The van der Waals surface area contributed by atoms with Crippen molar-refractivity contribution in [3.05, 3.63) is 36.4 Å². The first-order valence-corrected chi connectivity index (χ1v) is 10.9. The Balaban J connectivity index is 2.14. The van der Waals surface area contributed by atoms with E-state index in [2.05, 4.69) is 48.5 Å². The van der Waals surface area contributed by atoms with E-state index in [9.17, 15) is 34.2 Å². The van der Waals surface area contributed by atoms with Crippen LogP contribution in [0.5, 0.6) is 0 Å². The highest BCUT2D eigenvalue weighted by Crippen LogP contribution is 2.04. The molecule has 0 bridgehead atoms. The summed E-state index contributed by atoms with van der Waals surface area (Å²) in [6.45, 7) is 0. The van der Waals surface area contributed by atoms with Gasteiger partial charge in [-0.2, -0.15) is 12.6 Å². The van der Waals surface area contributed by atoms with E-state index >= 15 is 0 Å². The zero-order valence-corrected chi connectivity index (χ0v) is 19.2. The van der Waals surface area contributed by atoms with E-state index in [0.717, 1.165) is 0 Å². The van der Waals surface area contributed by atoms with Crippen molar-refractivity contribution in [1.29, 1.82) is 0 Å². The predicted molar refractivity (Wildman–Crippen MR) is 122 cm³/mol. The molecule has 15 nitrogen and oxygen atoms in total. The molecule has 0 aliphatic rings. The maximum atomic E-state index is 12.9.